The number of methoxy groups -OCH3 is 2. The Morgan fingerprint density at radius 3 is 2.22 bits per heavy atom. The molecule has 2 N–H and O–H groups in total. The van der Waals surface area contributed by atoms with Crippen molar-refractivity contribution in [3.63, 3.8) is 0 Å². The van der Waals surface area contributed by atoms with Crippen LogP contribution in [0.5, 0.6) is 11.5 Å². The predicted molar refractivity (Wildman–Crippen MR) is 68.3 cm³/mol. The molecule has 18 heavy (non-hydrogen) atoms. The van der Waals surface area contributed by atoms with Gasteiger partial charge in [0.2, 0.25) is 0 Å². The third-order valence-electron chi connectivity index (χ3n) is 3.89. The molecule has 0 saturated heterocycles. The molecule has 0 aliphatic heterocycles. The molecule has 2 rings (SSSR count). The van der Waals surface area contributed by atoms with Gasteiger partial charge < -0.3 is 15.2 Å². The lowest BCUT2D eigenvalue weighted by atomic mass is 9.97. The SMILES string of the molecule is COc1cc(F)c(C(N)C2CC2(C)C)cc1OC. The molecule has 1 aliphatic carbocycles. The van der Waals surface area contributed by atoms with Crippen LogP contribution in [0.25, 0.3) is 0 Å². The number of benzene rings is 1. The van der Waals surface area contributed by atoms with Gasteiger partial charge in [0.05, 0.1) is 14.2 Å². The van der Waals surface area contributed by atoms with Crippen LogP contribution >= 0.6 is 0 Å². The lowest BCUT2D eigenvalue weighted by molar-refractivity contribution is 0.350. The Morgan fingerprint density at radius 1 is 1.28 bits per heavy atom. The fourth-order valence-corrected chi connectivity index (χ4v) is 2.46. The van der Waals surface area contributed by atoms with Gasteiger partial charge in [0.15, 0.2) is 11.5 Å². The van der Waals surface area contributed by atoms with Gasteiger partial charge in [0.25, 0.3) is 0 Å². The fourth-order valence-electron chi connectivity index (χ4n) is 2.46. The van der Waals surface area contributed by atoms with Gasteiger partial charge in [-0.15, -0.1) is 0 Å². The summed E-state index contributed by atoms with van der Waals surface area (Å²) in [6.07, 6.45) is 1.03. The van der Waals surface area contributed by atoms with E-state index in [0.717, 1.165) is 6.42 Å². The Hall–Kier alpha value is -1.29. The van der Waals surface area contributed by atoms with Gasteiger partial charge in [-0.25, -0.2) is 4.39 Å². The van der Waals surface area contributed by atoms with Crippen molar-refractivity contribution < 1.29 is 13.9 Å². The monoisotopic (exact) mass is 253 g/mol. The third-order valence-corrected chi connectivity index (χ3v) is 3.89. The van der Waals surface area contributed by atoms with Crippen molar-refractivity contribution in [3.8, 4) is 11.5 Å². The molecule has 0 aromatic heterocycles. The van der Waals surface area contributed by atoms with Crippen LogP contribution in [-0.4, -0.2) is 14.2 Å². The number of rotatable bonds is 4. The van der Waals surface area contributed by atoms with E-state index in [0.29, 0.717) is 23.0 Å². The highest BCUT2D eigenvalue weighted by Gasteiger charge is 2.49. The smallest absolute Gasteiger partial charge is 0.163 e. The standard InChI is InChI=1S/C14H20FNO2/c1-14(2)7-9(14)13(16)8-5-11(17-3)12(18-4)6-10(8)15/h5-6,9,13H,7,16H2,1-4H3. The Bertz CT molecular complexity index is 459. The van der Waals surface area contributed by atoms with Crippen molar-refractivity contribution in [1.82, 2.24) is 0 Å². The molecule has 4 heteroatoms. The van der Waals surface area contributed by atoms with Gasteiger partial charge >= 0.3 is 0 Å². The number of ether oxygens (including phenoxy) is 2. The van der Waals surface area contributed by atoms with Crippen LogP contribution in [0, 0.1) is 17.2 Å². The van der Waals surface area contributed by atoms with Crippen molar-refractivity contribution in [3.05, 3.63) is 23.5 Å². The molecule has 2 unspecified atom stereocenters. The Morgan fingerprint density at radius 2 is 1.78 bits per heavy atom. The molecule has 0 heterocycles. The maximum Gasteiger partial charge on any atom is 0.163 e. The zero-order chi connectivity index (χ0) is 13.5. The minimum Gasteiger partial charge on any atom is -0.493 e. The Kier molecular flexibility index (Phi) is 3.23. The quantitative estimate of drug-likeness (QED) is 0.897. The molecule has 1 aliphatic rings. The number of halogens is 1. The van der Waals surface area contributed by atoms with E-state index in [2.05, 4.69) is 13.8 Å². The molecule has 0 bridgehead atoms. The van der Waals surface area contributed by atoms with Crippen LogP contribution in [0.3, 0.4) is 0 Å². The fraction of sp³-hybridized carbons (Fsp3) is 0.571. The maximum absolute atomic E-state index is 14.0. The van der Waals surface area contributed by atoms with Gasteiger partial charge in [-0.05, 0) is 23.8 Å². The lowest BCUT2D eigenvalue weighted by Gasteiger charge is -2.17. The highest BCUT2D eigenvalue weighted by Crippen LogP contribution is 2.57. The van der Waals surface area contributed by atoms with E-state index in [-0.39, 0.29) is 17.3 Å². The van der Waals surface area contributed by atoms with E-state index in [4.69, 9.17) is 15.2 Å². The summed E-state index contributed by atoms with van der Waals surface area (Å²) in [5.74, 6) is 0.900. The van der Waals surface area contributed by atoms with E-state index < -0.39 is 0 Å². The van der Waals surface area contributed by atoms with Crippen molar-refractivity contribution in [2.75, 3.05) is 14.2 Å². The van der Waals surface area contributed by atoms with Crippen LogP contribution < -0.4 is 15.2 Å². The highest BCUT2D eigenvalue weighted by atomic mass is 19.1. The Labute approximate surface area is 107 Å². The molecule has 1 fully saturated rings. The summed E-state index contributed by atoms with van der Waals surface area (Å²) >= 11 is 0. The van der Waals surface area contributed by atoms with E-state index in [1.807, 2.05) is 0 Å². The molecule has 100 valence electrons. The van der Waals surface area contributed by atoms with Crippen LogP contribution in [0.15, 0.2) is 12.1 Å². The molecule has 0 radical (unpaired) electrons. The van der Waals surface area contributed by atoms with Crippen molar-refractivity contribution in [1.29, 1.82) is 0 Å². The van der Waals surface area contributed by atoms with Crippen LogP contribution in [-0.2, 0) is 0 Å². The average molecular weight is 253 g/mol. The molecule has 2 atom stereocenters. The summed E-state index contributed by atoms with van der Waals surface area (Å²) in [7, 11) is 3.02. The second-order valence-corrected chi connectivity index (χ2v) is 5.55. The van der Waals surface area contributed by atoms with Gasteiger partial charge in [-0.1, -0.05) is 13.8 Å². The zero-order valence-electron chi connectivity index (χ0n) is 11.3. The van der Waals surface area contributed by atoms with E-state index in [1.54, 1.807) is 6.07 Å². The summed E-state index contributed by atoms with van der Waals surface area (Å²) in [5, 5.41) is 0. The average Bonchev–Trinajstić information content (AvgIpc) is 2.97. The normalized spacial score (nSPS) is 22.4. The lowest BCUT2D eigenvalue weighted by Crippen LogP contribution is -2.17. The van der Waals surface area contributed by atoms with Gasteiger partial charge in [-0.2, -0.15) is 0 Å². The van der Waals surface area contributed by atoms with E-state index in [9.17, 15) is 4.39 Å². The number of hydrogen-bond donors (Lipinski definition) is 1. The zero-order valence-corrected chi connectivity index (χ0v) is 11.3. The highest BCUT2D eigenvalue weighted by molar-refractivity contribution is 5.45. The van der Waals surface area contributed by atoms with E-state index in [1.165, 1.54) is 20.3 Å². The van der Waals surface area contributed by atoms with Crippen molar-refractivity contribution in [2.45, 2.75) is 26.3 Å². The first kappa shape index (κ1) is 13.1. The van der Waals surface area contributed by atoms with Gasteiger partial charge in [0.1, 0.15) is 5.82 Å². The van der Waals surface area contributed by atoms with Crippen molar-refractivity contribution in [2.24, 2.45) is 17.1 Å². The summed E-state index contributed by atoms with van der Waals surface area (Å²) < 4.78 is 24.3. The molecule has 0 amide bonds. The van der Waals surface area contributed by atoms with Crippen LogP contribution in [0.4, 0.5) is 4.39 Å². The van der Waals surface area contributed by atoms with Gasteiger partial charge in [0, 0.05) is 17.7 Å². The molecule has 1 saturated carbocycles. The maximum atomic E-state index is 14.0. The van der Waals surface area contributed by atoms with Crippen LogP contribution in [0.1, 0.15) is 31.9 Å². The first-order valence-corrected chi connectivity index (χ1v) is 6.07. The molecular weight excluding hydrogens is 233 g/mol. The third kappa shape index (κ3) is 2.17. The summed E-state index contributed by atoms with van der Waals surface area (Å²) in [6.45, 7) is 4.30. The van der Waals surface area contributed by atoms with Crippen molar-refractivity contribution >= 4 is 0 Å². The summed E-state index contributed by atoms with van der Waals surface area (Å²) in [5.41, 5.74) is 6.87. The second kappa shape index (κ2) is 4.43. The number of nitrogens with two attached hydrogens (primary N) is 1. The Balaban J connectivity index is 2.33. The largest absolute Gasteiger partial charge is 0.493 e. The van der Waals surface area contributed by atoms with Gasteiger partial charge in [-0.3, -0.25) is 0 Å². The number of hydrogen-bond acceptors (Lipinski definition) is 3. The minimum absolute atomic E-state index is 0.207. The molecule has 3 nitrogen and oxygen atoms in total. The predicted octanol–water partition coefficient (Wildman–Crippen LogP) is 2.89. The molecule has 1 aromatic rings. The first-order chi connectivity index (χ1) is 8.40. The second-order valence-electron chi connectivity index (χ2n) is 5.55. The van der Waals surface area contributed by atoms with Crippen LogP contribution in [0.2, 0.25) is 0 Å². The first-order valence-electron chi connectivity index (χ1n) is 6.07. The summed E-state index contributed by atoms with van der Waals surface area (Å²) in [6, 6.07) is 2.69. The molecular formula is C14H20FNO2. The van der Waals surface area contributed by atoms with E-state index >= 15 is 0 Å². The topological polar surface area (TPSA) is 44.5 Å². The molecule has 1 aromatic carbocycles. The minimum atomic E-state index is -0.331. The summed E-state index contributed by atoms with van der Waals surface area (Å²) in [4.78, 5) is 0. The molecule has 0 spiro atoms.